The van der Waals surface area contributed by atoms with Crippen LogP contribution in [0.4, 0.5) is 13.2 Å². The first kappa shape index (κ1) is 13.4. The Morgan fingerprint density at radius 1 is 1.33 bits per heavy atom. The minimum absolute atomic E-state index is 0.0584. The van der Waals surface area contributed by atoms with Crippen molar-refractivity contribution in [2.45, 2.75) is 38.2 Å². The highest BCUT2D eigenvalue weighted by atomic mass is 19.4. The smallest absolute Gasteiger partial charge is 0.377 e. The molecule has 2 unspecified atom stereocenters. The third-order valence-corrected chi connectivity index (χ3v) is 3.25. The van der Waals surface area contributed by atoms with Crippen molar-refractivity contribution in [1.82, 2.24) is 5.32 Å². The second kappa shape index (κ2) is 5.28. The molecule has 0 radical (unpaired) electrons. The van der Waals surface area contributed by atoms with Gasteiger partial charge in [0.05, 0.1) is 11.7 Å². The molecule has 0 bridgehead atoms. The summed E-state index contributed by atoms with van der Waals surface area (Å²) < 4.78 is 43.7. The molecule has 0 spiro atoms. The first-order chi connectivity index (χ1) is 8.48. The van der Waals surface area contributed by atoms with E-state index in [1.54, 1.807) is 6.07 Å². The minimum atomic E-state index is -4.30. The van der Waals surface area contributed by atoms with Gasteiger partial charge in [-0.2, -0.15) is 13.2 Å². The molecule has 1 saturated heterocycles. The molecule has 2 nitrogen and oxygen atoms in total. The standard InChI is InChI=1S/C13H16F3NO/c1-9-12(6-7-18-9)17-8-10-4-2-3-5-11(10)13(14,15)16/h2-5,9,12,17H,6-8H2,1H3. The number of ether oxygens (including phenoxy) is 1. The van der Waals surface area contributed by atoms with E-state index >= 15 is 0 Å². The van der Waals surface area contributed by atoms with Gasteiger partial charge in [0.25, 0.3) is 0 Å². The van der Waals surface area contributed by atoms with Gasteiger partial charge in [0.1, 0.15) is 0 Å². The molecule has 1 heterocycles. The highest BCUT2D eigenvalue weighted by molar-refractivity contribution is 5.29. The van der Waals surface area contributed by atoms with Crippen molar-refractivity contribution in [3.63, 3.8) is 0 Å². The number of rotatable bonds is 3. The summed E-state index contributed by atoms with van der Waals surface area (Å²) in [6, 6.07) is 5.79. The summed E-state index contributed by atoms with van der Waals surface area (Å²) in [4.78, 5) is 0. The molecule has 2 atom stereocenters. The molecule has 1 aliphatic heterocycles. The van der Waals surface area contributed by atoms with Gasteiger partial charge in [-0.3, -0.25) is 0 Å². The van der Waals surface area contributed by atoms with E-state index in [9.17, 15) is 13.2 Å². The van der Waals surface area contributed by atoms with Gasteiger partial charge < -0.3 is 10.1 Å². The summed E-state index contributed by atoms with van der Waals surface area (Å²) in [6.07, 6.45) is -3.39. The summed E-state index contributed by atoms with van der Waals surface area (Å²) >= 11 is 0. The first-order valence-electron chi connectivity index (χ1n) is 5.98. The van der Waals surface area contributed by atoms with Gasteiger partial charge in [0.15, 0.2) is 0 Å². The number of hydrogen-bond donors (Lipinski definition) is 1. The maximum absolute atomic E-state index is 12.8. The molecule has 1 aliphatic rings. The molecule has 5 heteroatoms. The van der Waals surface area contributed by atoms with E-state index < -0.39 is 11.7 Å². The lowest BCUT2D eigenvalue weighted by Crippen LogP contribution is -2.34. The van der Waals surface area contributed by atoms with Crippen LogP contribution in [0.5, 0.6) is 0 Å². The molecule has 18 heavy (non-hydrogen) atoms. The predicted molar refractivity (Wildman–Crippen MR) is 62.1 cm³/mol. The molecule has 0 aromatic heterocycles. The van der Waals surface area contributed by atoms with Crippen molar-refractivity contribution in [1.29, 1.82) is 0 Å². The summed E-state index contributed by atoms with van der Waals surface area (Å²) in [5.74, 6) is 0. The molecule has 100 valence electrons. The van der Waals surface area contributed by atoms with E-state index in [4.69, 9.17) is 4.74 Å². The largest absolute Gasteiger partial charge is 0.416 e. The van der Waals surface area contributed by atoms with Gasteiger partial charge in [-0.05, 0) is 25.0 Å². The summed E-state index contributed by atoms with van der Waals surface area (Å²) in [7, 11) is 0. The zero-order valence-corrected chi connectivity index (χ0v) is 10.1. The third kappa shape index (κ3) is 3.03. The first-order valence-corrected chi connectivity index (χ1v) is 5.98. The molecular formula is C13H16F3NO. The Bertz CT molecular complexity index is 405. The van der Waals surface area contributed by atoms with E-state index in [-0.39, 0.29) is 24.3 Å². The molecular weight excluding hydrogens is 243 g/mol. The Morgan fingerprint density at radius 3 is 2.67 bits per heavy atom. The van der Waals surface area contributed by atoms with E-state index in [1.165, 1.54) is 12.1 Å². The maximum atomic E-state index is 12.8. The average molecular weight is 259 g/mol. The molecule has 0 amide bonds. The zero-order chi connectivity index (χ0) is 13.2. The molecule has 1 aromatic carbocycles. The second-order valence-electron chi connectivity index (χ2n) is 4.51. The molecule has 0 aliphatic carbocycles. The van der Waals surface area contributed by atoms with E-state index in [2.05, 4.69) is 5.32 Å². The summed E-state index contributed by atoms with van der Waals surface area (Å²) in [6.45, 7) is 2.81. The van der Waals surface area contributed by atoms with Crippen LogP contribution in [-0.4, -0.2) is 18.8 Å². The van der Waals surface area contributed by atoms with Crippen molar-refractivity contribution in [3.8, 4) is 0 Å². The average Bonchev–Trinajstić information content (AvgIpc) is 2.71. The van der Waals surface area contributed by atoms with Gasteiger partial charge in [0, 0.05) is 19.2 Å². The fraction of sp³-hybridized carbons (Fsp3) is 0.538. The van der Waals surface area contributed by atoms with E-state index in [1.807, 2.05) is 6.92 Å². The van der Waals surface area contributed by atoms with Crippen LogP contribution < -0.4 is 5.32 Å². The van der Waals surface area contributed by atoms with Crippen LogP contribution in [0.15, 0.2) is 24.3 Å². The molecule has 0 saturated carbocycles. The lowest BCUT2D eigenvalue weighted by Gasteiger charge is -2.18. The number of halogens is 3. The van der Waals surface area contributed by atoms with Gasteiger partial charge in [-0.1, -0.05) is 18.2 Å². The van der Waals surface area contributed by atoms with Crippen LogP contribution in [0.1, 0.15) is 24.5 Å². The number of alkyl halides is 3. The predicted octanol–water partition coefficient (Wildman–Crippen LogP) is 2.97. The molecule has 1 fully saturated rings. The summed E-state index contributed by atoms with van der Waals surface area (Å²) in [5, 5.41) is 3.14. The van der Waals surface area contributed by atoms with Crippen molar-refractivity contribution >= 4 is 0 Å². The highest BCUT2D eigenvalue weighted by Gasteiger charge is 2.33. The Balaban J connectivity index is 2.05. The van der Waals surface area contributed by atoms with Crippen molar-refractivity contribution in [3.05, 3.63) is 35.4 Å². The SMILES string of the molecule is CC1OCCC1NCc1ccccc1C(F)(F)F. The lowest BCUT2D eigenvalue weighted by molar-refractivity contribution is -0.138. The van der Waals surface area contributed by atoms with Crippen molar-refractivity contribution in [2.24, 2.45) is 0 Å². The number of nitrogens with one attached hydrogen (secondary N) is 1. The Morgan fingerprint density at radius 2 is 2.06 bits per heavy atom. The van der Waals surface area contributed by atoms with Crippen molar-refractivity contribution in [2.75, 3.05) is 6.61 Å². The third-order valence-electron chi connectivity index (χ3n) is 3.25. The Hall–Kier alpha value is -1.07. The van der Waals surface area contributed by atoms with Gasteiger partial charge in [-0.25, -0.2) is 0 Å². The lowest BCUT2D eigenvalue weighted by atomic mass is 10.1. The van der Waals surface area contributed by atoms with Crippen LogP contribution in [0.2, 0.25) is 0 Å². The van der Waals surface area contributed by atoms with Crippen LogP contribution >= 0.6 is 0 Å². The zero-order valence-electron chi connectivity index (χ0n) is 10.1. The van der Waals surface area contributed by atoms with Gasteiger partial charge >= 0.3 is 6.18 Å². The van der Waals surface area contributed by atoms with Crippen LogP contribution in [0.3, 0.4) is 0 Å². The Labute approximate surface area is 104 Å². The number of hydrogen-bond acceptors (Lipinski definition) is 2. The normalized spacial score (nSPS) is 24.4. The topological polar surface area (TPSA) is 21.3 Å². The monoisotopic (exact) mass is 259 g/mol. The molecule has 1 N–H and O–H groups in total. The molecule has 2 rings (SSSR count). The number of benzene rings is 1. The second-order valence-corrected chi connectivity index (χ2v) is 4.51. The van der Waals surface area contributed by atoms with E-state index in [0.29, 0.717) is 6.61 Å². The summed E-state index contributed by atoms with van der Waals surface area (Å²) in [5.41, 5.74) is -0.284. The fourth-order valence-corrected chi connectivity index (χ4v) is 2.19. The van der Waals surface area contributed by atoms with Gasteiger partial charge in [0.2, 0.25) is 0 Å². The molecule has 1 aromatic rings. The van der Waals surface area contributed by atoms with E-state index in [0.717, 1.165) is 12.5 Å². The van der Waals surface area contributed by atoms with Crippen LogP contribution in [0.25, 0.3) is 0 Å². The van der Waals surface area contributed by atoms with Crippen LogP contribution in [-0.2, 0) is 17.5 Å². The van der Waals surface area contributed by atoms with Crippen LogP contribution in [0, 0.1) is 0 Å². The quantitative estimate of drug-likeness (QED) is 0.901. The van der Waals surface area contributed by atoms with Crippen molar-refractivity contribution < 1.29 is 17.9 Å². The maximum Gasteiger partial charge on any atom is 0.416 e. The van der Waals surface area contributed by atoms with Gasteiger partial charge in [-0.15, -0.1) is 0 Å². The highest BCUT2D eigenvalue weighted by Crippen LogP contribution is 2.31. The fourth-order valence-electron chi connectivity index (χ4n) is 2.19. The Kier molecular flexibility index (Phi) is 3.92. The minimum Gasteiger partial charge on any atom is -0.377 e.